The van der Waals surface area contributed by atoms with Crippen molar-refractivity contribution in [2.75, 3.05) is 13.7 Å². The lowest BCUT2D eigenvalue weighted by Crippen LogP contribution is -2.45. The lowest BCUT2D eigenvalue weighted by molar-refractivity contribution is 0.155. The molecule has 4 N–H and O–H groups in total. The van der Waals surface area contributed by atoms with Gasteiger partial charge in [-0.25, -0.2) is 0 Å². The van der Waals surface area contributed by atoms with E-state index in [0.717, 1.165) is 12.8 Å². The lowest BCUT2D eigenvalue weighted by atomic mass is 9.80. The van der Waals surface area contributed by atoms with Gasteiger partial charge < -0.3 is 16.2 Å². The zero-order valence-corrected chi connectivity index (χ0v) is 11.5. The van der Waals surface area contributed by atoms with Crippen molar-refractivity contribution in [2.24, 2.45) is 29.2 Å². The largest absolute Gasteiger partial charge is 0.385 e. The highest BCUT2D eigenvalue weighted by molar-refractivity contribution is 4.98. The molecule has 0 saturated carbocycles. The molecule has 0 aliphatic rings. The molecule has 0 spiro atoms. The van der Waals surface area contributed by atoms with Gasteiger partial charge in [-0.15, -0.1) is 0 Å². The Labute approximate surface area is 105 Å². The van der Waals surface area contributed by atoms with Crippen LogP contribution in [0.2, 0.25) is 0 Å². The second-order valence-electron chi connectivity index (χ2n) is 5.26. The van der Waals surface area contributed by atoms with Crippen LogP contribution in [0.4, 0.5) is 0 Å². The predicted molar refractivity (Wildman–Crippen MR) is 70.2 cm³/mol. The van der Waals surface area contributed by atoms with Gasteiger partial charge in [0.1, 0.15) is 0 Å². The van der Waals surface area contributed by atoms with Crippen LogP contribution in [-0.2, 0) is 4.74 Å². The zero-order chi connectivity index (χ0) is 13.4. The first-order chi connectivity index (χ1) is 7.93. The maximum atomic E-state index is 9.13. The molecule has 4 atom stereocenters. The van der Waals surface area contributed by atoms with Gasteiger partial charge in [0.05, 0.1) is 12.0 Å². The molecule has 0 radical (unpaired) electrons. The molecule has 0 aliphatic carbocycles. The molecule has 0 fully saturated rings. The summed E-state index contributed by atoms with van der Waals surface area (Å²) >= 11 is 0. The first-order valence-corrected chi connectivity index (χ1v) is 6.33. The van der Waals surface area contributed by atoms with Crippen molar-refractivity contribution in [3.8, 4) is 6.07 Å². The molecule has 17 heavy (non-hydrogen) atoms. The summed E-state index contributed by atoms with van der Waals surface area (Å²) in [5, 5.41) is 9.13. The van der Waals surface area contributed by atoms with Gasteiger partial charge in [0.15, 0.2) is 0 Å². The third-order valence-electron chi connectivity index (χ3n) is 3.14. The van der Waals surface area contributed by atoms with E-state index in [1.54, 1.807) is 7.11 Å². The third kappa shape index (κ3) is 6.02. The lowest BCUT2D eigenvalue weighted by Gasteiger charge is -2.30. The Balaban J connectivity index is 4.59. The van der Waals surface area contributed by atoms with E-state index < -0.39 is 0 Å². The zero-order valence-electron chi connectivity index (χ0n) is 11.5. The monoisotopic (exact) mass is 241 g/mol. The van der Waals surface area contributed by atoms with E-state index in [1.807, 2.05) is 6.92 Å². The minimum Gasteiger partial charge on any atom is -0.385 e. The second-order valence-corrected chi connectivity index (χ2v) is 5.26. The first kappa shape index (κ1) is 16.4. The van der Waals surface area contributed by atoms with Crippen molar-refractivity contribution >= 4 is 0 Å². The topological polar surface area (TPSA) is 85.1 Å². The fourth-order valence-electron chi connectivity index (χ4n) is 2.19. The molecule has 1 unspecified atom stereocenters. The second kappa shape index (κ2) is 8.46. The van der Waals surface area contributed by atoms with Gasteiger partial charge in [-0.3, -0.25) is 0 Å². The fraction of sp³-hybridized carbons (Fsp3) is 0.923. The minimum atomic E-state index is -0.282. The van der Waals surface area contributed by atoms with E-state index in [2.05, 4.69) is 19.9 Å². The number of hydrogen-bond acceptors (Lipinski definition) is 4. The van der Waals surface area contributed by atoms with Crippen LogP contribution in [0.1, 0.15) is 33.6 Å². The molecule has 100 valence electrons. The van der Waals surface area contributed by atoms with Crippen molar-refractivity contribution < 1.29 is 4.74 Å². The molecule has 0 heterocycles. The first-order valence-electron chi connectivity index (χ1n) is 6.33. The van der Waals surface area contributed by atoms with Crippen molar-refractivity contribution in [3.05, 3.63) is 0 Å². The van der Waals surface area contributed by atoms with E-state index in [-0.39, 0.29) is 18.0 Å². The Morgan fingerprint density at radius 1 is 1.24 bits per heavy atom. The average Bonchev–Trinajstić information content (AvgIpc) is 2.23. The molecule has 0 aliphatic heterocycles. The van der Waals surface area contributed by atoms with Crippen LogP contribution in [0, 0.1) is 29.1 Å². The normalized spacial score (nSPS) is 18.5. The molecule has 0 rings (SSSR count). The molecule has 4 nitrogen and oxygen atoms in total. The van der Waals surface area contributed by atoms with Gasteiger partial charge in [-0.1, -0.05) is 13.8 Å². The highest BCUT2D eigenvalue weighted by Gasteiger charge is 2.29. The van der Waals surface area contributed by atoms with Crippen molar-refractivity contribution in [2.45, 2.75) is 45.7 Å². The predicted octanol–water partition coefficient (Wildman–Crippen LogP) is 1.50. The summed E-state index contributed by atoms with van der Waals surface area (Å²) < 4.78 is 5.11. The van der Waals surface area contributed by atoms with E-state index in [9.17, 15) is 0 Å². The maximum Gasteiger partial charge on any atom is 0.0765 e. The molecule has 0 amide bonds. The van der Waals surface area contributed by atoms with Gasteiger partial charge >= 0.3 is 0 Å². The van der Waals surface area contributed by atoms with Crippen LogP contribution in [0.3, 0.4) is 0 Å². The summed E-state index contributed by atoms with van der Waals surface area (Å²) in [5.41, 5.74) is 12.0. The van der Waals surface area contributed by atoms with Crippen molar-refractivity contribution in [3.63, 3.8) is 0 Å². The van der Waals surface area contributed by atoms with Gasteiger partial charge in [0.2, 0.25) is 0 Å². The van der Waals surface area contributed by atoms with Crippen LogP contribution < -0.4 is 11.5 Å². The minimum absolute atomic E-state index is 0.169. The summed E-state index contributed by atoms with van der Waals surface area (Å²) in [5.74, 6) is 0.580. The summed E-state index contributed by atoms with van der Waals surface area (Å²) in [6, 6.07) is 1.88. The summed E-state index contributed by atoms with van der Waals surface area (Å²) in [6.45, 7) is 6.86. The molecule has 0 bridgehead atoms. The number of nitrogens with zero attached hydrogens (tertiary/aromatic N) is 1. The Kier molecular flexibility index (Phi) is 8.15. The number of rotatable bonds is 8. The van der Waals surface area contributed by atoms with Gasteiger partial charge in [-0.05, 0) is 31.6 Å². The smallest absolute Gasteiger partial charge is 0.0765 e. The highest BCUT2D eigenvalue weighted by atomic mass is 16.5. The summed E-state index contributed by atoms with van der Waals surface area (Å²) in [7, 11) is 1.69. The van der Waals surface area contributed by atoms with E-state index in [4.69, 9.17) is 21.5 Å². The van der Waals surface area contributed by atoms with Crippen molar-refractivity contribution in [1.29, 1.82) is 5.26 Å². The molecular formula is C13H27N3O. The Hall–Kier alpha value is -0.630. The standard InChI is InChI=1S/C13H27N3O/c1-9(2)7-11(5-6-17-4)13(16)12(8-14)10(3)15/h9-13H,5-7,15-16H2,1-4H3/t10-,11?,12+,13+/m1/s1. The van der Waals surface area contributed by atoms with Gasteiger partial charge in [-0.2, -0.15) is 5.26 Å². The fourth-order valence-corrected chi connectivity index (χ4v) is 2.19. The van der Waals surface area contributed by atoms with E-state index >= 15 is 0 Å². The Morgan fingerprint density at radius 2 is 1.82 bits per heavy atom. The number of methoxy groups -OCH3 is 1. The molecular weight excluding hydrogens is 214 g/mol. The summed E-state index contributed by atoms with van der Waals surface area (Å²) in [6.07, 6.45) is 1.90. The van der Waals surface area contributed by atoms with Crippen molar-refractivity contribution in [1.82, 2.24) is 0 Å². The van der Waals surface area contributed by atoms with Crippen LogP contribution in [0.5, 0.6) is 0 Å². The van der Waals surface area contributed by atoms with E-state index in [0.29, 0.717) is 18.4 Å². The number of ether oxygens (including phenoxy) is 1. The van der Waals surface area contributed by atoms with Crippen LogP contribution in [-0.4, -0.2) is 25.8 Å². The number of hydrogen-bond donors (Lipinski definition) is 2. The van der Waals surface area contributed by atoms with Crippen LogP contribution in [0.25, 0.3) is 0 Å². The Bertz CT molecular complexity index is 235. The highest BCUT2D eigenvalue weighted by Crippen LogP contribution is 2.23. The summed E-state index contributed by atoms with van der Waals surface area (Å²) in [4.78, 5) is 0. The van der Waals surface area contributed by atoms with Crippen LogP contribution in [0.15, 0.2) is 0 Å². The average molecular weight is 241 g/mol. The van der Waals surface area contributed by atoms with E-state index in [1.165, 1.54) is 0 Å². The molecule has 0 aromatic carbocycles. The molecule has 0 aromatic heterocycles. The Morgan fingerprint density at radius 3 is 2.18 bits per heavy atom. The quantitative estimate of drug-likeness (QED) is 0.674. The molecule has 0 aromatic rings. The number of nitriles is 1. The molecule has 0 saturated heterocycles. The number of nitrogens with two attached hydrogens (primary N) is 2. The van der Waals surface area contributed by atoms with Gasteiger partial charge in [0.25, 0.3) is 0 Å². The SMILES string of the molecule is COCCC(CC(C)C)[C@H](N)[C@@H](C#N)[C@@H](C)N. The maximum absolute atomic E-state index is 9.13. The van der Waals surface area contributed by atoms with Gasteiger partial charge in [0, 0.05) is 25.8 Å². The van der Waals surface area contributed by atoms with Crippen LogP contribution >= 0.6 is 0 Å². The third-order valence-corrected chi connectivity index (χ3v) is 3.14. The molecule has 4 heteroatoms.